The minimum absolute atomic E-state index is 1.15. The van der Waals surface area contributed by atoms with Crippen molar-refractivity contribution >= 4 is 0 Å². The lowest BCUT2D eigenvalue weighted by Crippen LogP contribution is -2.43. The summed E-state index contributed by atoms with van der Waals surface area (Å²) < 4.78 is 0. The molecule has 0 aromatic rings. The molecule has 0 aromatic carbocycles. The van der Waals surface area contributed by atoms with Crippen molar-refractivity contribution in [2.75, 3.05) is 98.2 Å². The Morgan fingerprint density at radius 2 is 0.407 bits per heavy atom. The molecule has 0 radical (unpaired) electrons. The van der Waals surface area contributed by atoms with Crippen LogP contribution in [0.2, 0.25) is 0 Å². The summed E-state index contributed by atoms with van der Waals surface area (Å²) in [4.78, 5) is 12.9. The quantitative estimate of drug-likeness (QED) is 0.339. The lowest BCUT2D eigenvalue weighted by molar-refractivity contribution is 0.165. The Balaban J connectivity index is 4.22. The van der Waals surface area contributed by atoms with Gasteiger partial charge in [0.15, 0.2) is 0 Å². The number of hydrogen-bond donors (Lipinski definition) is 0. The predicted molar refractivity (Wildman–Crippen MR) is 122 cm³/mol. The molecule has 0 N–H and O–H groups in total. The van der Waals surface area contributed by atoms with Crippen LogP contribution in [-0.4, -0.2) is 123 Å². The lowest BCUT2D eigenvalue weighted by atomic mass is 10.3. The number of nitrogens with zero attached hydrogens (tertiary/aromatic N) is 5. The molecule has 0 unspecified atom stereocenters. The molecule has 5 nitrogen and oxygen atoms in total. The van der Waals surface area contributed by atoms with Gasteiger partial charge in [0.1, 0.15) is 0 Å². The largest absolute Gasteiger partial charge is 0.303 e. The van der Waals surface area contributed by atoms with Crippen LogP contribution in [0.3, 0.4) is 0 Å². The smallest absolute Gasteiger partial charge is 0.0110 e. The van der Waals surface area contributed by atoms with E-state index in [9.17, 15) is 0 Å². The Morgan fingerprint density at radius 1 is 0.259 bits per heavy atom. The van der Waals surface area contributed by atoms with Gasteiger partial charge in [0.05, 0.1) is 0 Å². The molecular weight excluding hydrogens is 334 g/mol. The molecule has 27 heavy (non-hydrogen) atoms. The highest BCUT2D eigenvalue weighted by atomic mass is 15.2. The van der Waals surface area contributed by atoms with Gasteiger partial charge in [0.2, 0.25) is 0 Å². The van der Waals surface area contributed by atoms with Gasteiger partial charge in [-0.2, -0.15) is 0 Å². The number of likely N-dealkylation sites (N-methyl/N-ethyl adjacent to an activating group) is 5. The maximum Gasteiger partial charge on any atom is 0.0110 e. The summed E-state index contributed by atoms with van der Waals surface area (Å²) in [7, 11) is 0. The molecule has 0 bridgehead atoms. The summed E-state index contributed by atoms with van der Waals surface area (Å²) in [6.45, 7) is 33.6. The second-order valence-electron chi connectivity index (χ2n) is 7.36. The van der Waals surface area contributed by atoms with Crippen molar-refractivity contribution in [3.05, 3.63) is 0 Å². The molecule has 0 fully saturated rings. The fraction of sp³-hybridized carbons (Fsp3) is 1.00. The Morgan fingerprint density at radius 3 is 0.556 bits per heavy atom. The van der Waals surface area contributed by atoms with Crippen molar-refractivity contribution in [1.29, 1.82) is 0 Å². The molecule has 0 spiro atoms. The van der Waals surface area contributed by atoms with E-state index in [1.54, 1.807) is 0 Å². The standard InChI is InChI=1S/C22H51N5/c1-8-23(9-2)15-17-25(12-5)19-21-27(14-7)22-20-26(13-6)18-16-24(10-3)11-4/h8-22H2,1-7H3. The van der Waals surface area contributed by atoms with Crippen LogP contribution in [0.25, 0.3) is 0 Å². The molecular formula is C22H51N5. The number of rotatable bonds is 19. The first kappa shape index (κ1) is 26.8. The van der Waals surface area contributed by atoms with E-state index in [4.69, 9.17) is 0 Å². The van der Waals surface area contributed by atoms with Crippen LogP contribution in [-0.2, 0) is 0 Å². The second kappa shape index (κ2) is 17.9. The zero-order valence-electron chi connectivity index (χ0n) is 19.8. The van der Waals surface area contributed by atoms with Crippen molar-refractivity contribution in [3.8, 4) is 0 Å². The molecule has 0 rings (SSSR count). The highest BCUT2D eigenvalue weighted by Gasteiger charge is 2.11. The maximum atomic E-state index is 2.63. The van der Waals surface area contributed by atoms with E-state index in [1.807, 2.05) is 0 Å². The van der Waals surface area contributed by atoms with Crippen LogP contribution in [0.15, 0.2) is 0 Å². The van der Waals surface area contributed by atoms with Gasteiger partial charge >= 0.3 is 0 Å². The molecule has 5 heteroatoms. The molecule has 0 aliphatic carbocycles. The highest BCUT2D eigenvalue weighted by Crippen LogP contribution is 1.98. The fourth-order valence-electron chi connectivity index (χ4n) is 3.50. The molecule has 0 aliphatic rings. The van der Waals surface area contributed by atoms with Gasteiger partial charge in [-0.1, -0.05) is 48.5 Å². The average Bonchev–Trinajstić information content (AvgIpc) is 2.71. The van der Waals surface area contributed by atoms with Gasteiger partial charge in [-0.05, 0) is 45.8 Å². The summed E-state index contributed by atoms with van der Waals surface area (Å²) in [6.07, 6.45) is 0. The zero-order chi connectivity index (χ0) is 20.5. The van der Waals surface area contributed by atoms with Crippen molar-refractivity contribution in [2.45, 2.75) is 48.5 Å². The topological polar surface area (TPSA) is 16.2 Å². The van der Waals surface area contributed by atoms with Gasteiger partial charge < -0.3 is 24.5 Å². The first-order chi connectivity index (χ1) is 13.1. The average molecular weight is 386 g/mol. The SMILES string of the molecule is CCN(CC)CCN(CC)CCN(CC)CCN(CC)CCN(CC)CC. The van der Waals surface area contributed by atoms with Crippen LogP contribution < -0.4 is 0 Å². The minimum Gasteiger partial charge on any atom is -0.303 e. The van der Waals surface area contributed by atoms with Crippen LogP contribution in [0, 0.1) is 0 Å². The van der Waals surface area contributed by atoms with E-state index in [-0.39, 0.29) is 0 Å². The monoisotopic (exact) mass is 385 g/mol. The molecule has 0 aliphatic heterocycles. The van der Waals surface area contributed by atoms with Gasteiger partial charge in [-0.3, -0.25) is 0 Å². The molecule has 0 aromatic heterocycles. The van der Waals surface area contributed by atoms with E-state index >= 15 is 0 Å². The summed E-state index contributed by atoms with van der Waals surface area (Å²) in [6, 6.07) is 0. The first-order valence-corrected chi connectivity index (χ1v) is 11.7. The van der Waals surface area contributed by atoms with E-state index in [0.29, 0.717) is 0 Å². The second-order valence-corrected chi connectivity index (χ2v) is 7.36. The van der Waals surface area contributed by atoms with Crippen molar-refractivity contribution in [2.24, 2.45) is 0 Å². The molecule has 0 atom stereocenters. The summed E-state index contributed by atoms with van der Waals surface area (Å²) >= 11 is 0. The van der Waals surface area contributed by atoms with Crippen LogP contribution >= 0.6 is 0 Å². The zero-order valence-corrected chi connectivity index (χ0v) is 19.8. The highest BCUT2D eigenvalue weighted by molar-refractivity contribution is 4.67. The van der Waals surface area contributed by atoms with E-state index < -0.39 is 0 Å². The number of hydrogen-bond acceptors (Lipinski definition) is 5. The fourth-order valence-corrected chi connectivity index (χ4v) is 3.50. The molecule has 0 amide bonds. The van der Waals surface area contributed by atoms with E-state index in [0.717, 1.165) is 45.8 Å². The van der Waals surface area contributed by atoms with E-state index in [1.165, 1.54) is 52.4 Å². The summed E-state index contributed by atoms with van der Waals surface area (Å²) in [5.41, 5.74) is 0. The van der Waals surface area contributed by atoms with Gasteiger partial charge in [0, 0.05) is 52.4 Å². The summed E-state index contributed by atoms with van der Waals surface area (Å²) in [5.74, 6) is 0. The molecule has 0 heterocycles. The third-order valence-corrected chi connectivity index (χ3v) is 6.06. The van der Waals surface area contributed by atoms with Crippen molar-refractivity contribution in [1.82, 2.24) is 24.5 Å². The Labute approximate surface area is 171 Å². The summed E-state index contributed by atoms with van der Waals surface area (Å²) in [5, 5.41) is 0. The third kappa shape index (κ3) is 12.8. The van der Waals surface area contributed by atoms with Crippen LogP contribution in [0.5, 0.6) is 0 Å². The Hall–Kier alpha value is -0.200. The minimum atomic E-state index is 1.15. The van der Waals surface area contributed by atoms with E-state index in [2.05, 4.69) is 73.0 Å². The maximum absolute atomic E-state index is 2.63. The van der Waals surface area contributed by atoms with Gasteiger partial charge in [0.25, 0.3) is 0 Å². The van der Waals surface area contributed by atoms with Crippen molar-refractivity contribution in [3.63, 3.8) is 0 Å². The van der Waals surface area contributed by atoms with Gasteiger partial charge in [-0.25, -0.2) is 0 Å². The predicted octanol–water partition coefficient (Wildman–Crippen LogP) is 2.64. The van der Waals surface area contributed by atoms with Crippen molar-refractivity contribution < 1.29 is 0 Å². The normalized spacial score (nSPS) is 12.4. The molecule has 0 saturated heterocycles. The van der Waals surface area contributed by atoms with Crippen LogP contribution in [0.1, 0.15) is 48.5 Å². The van der Waals surface area contributed by atoms with Crippen LogP contribution in [0.4, 0.5) is 0 Å². The molecule has 164 valence electrons. The third-order valence-electron chi connectivity index (χ3n) is 6.06. The Bertz CT molecular complexity index is 277. The molecule has 0 saturated carbocycles. The van der Waals surface area contributed by atoms with Gasteiger partial charge in [-0.15, -0.1) is 0 Å². The Kier molecular flexibility index (Phi) is 17.7. The first-order valence-electron chi connectivity index (χ1n) is 11.7. The lowest BCUT2D eigenvalue weighted by Gasteiger charge is -2.30.